The van der Waals surface area contributed by atoms with Crippen LogP contribution in [0.5, 0.6) is 0 Å². The monoisotopic (exact) mass is 304 g/mol. The van der Waals surface area contributed by atoms with E-state index in [0.29, 0.717) is 0 Å². The molecule has 5 nitrogen and oxygen atoms in total. The van der Waals surface area contributed by atoms with Crippen molar-refractivity contribution >= 4 is 11.9 Å². The maximum absolute atomic E-state index is 12.0. The fourth-order valence-corrected chi connectivity index (χ4v) is 1.67. The number of nitrogens with one attached hydrogen (secondary N) is 1. The summed E-state index contributed by atoms with van der Waals surface area (Å²) in [6.45, 7) is -0.326. The Morgan fingerprint density at radius 2 is 1.81 bits per heavy atom. The Morgan fingerprint density at radius 3 is 2.33 bits per heavy atom. The lowest BCUT2D eigenvalue weighted by molar-refractivity contribution is -0.173. The van der Waals surface area contributed by atoms with Gasteiger partial charge in [-0.15, -0.1) is 0 Å². The Hall–Kier alpha value is -2.09. The van der Waals surface area contributed by atoms with Gasteiger partial charge in [-0.25, -0.2) is 0 Å². The van der Waals surface area contributed by atoms with Crippen molar-refractivity contribution in [2.75, 3.05) is 19.6 Å². The van der Waals surface area contributed by atoms with Gasteiger partial charge >= 0.3 is 18.1 Å². The van der Waals surface area contributed by atoms with Crippen molar-refractivity contribution in [3.05, 3.63) is 35.9 Å². The third kappa shape index (κ3) is 6.75. The van der Waals surface area contributed by atoms with Crippen molar-refractivity contribution in [2.24, 2.45) is 0 Å². The van der Waals surface area contributed by atoms with Crippen LogP contribution >= 0.6 is 0 Å². The number of aliphatic carboxylic acids is 1. The average Bonchev–Trinajstić information content (AvgIpc) is 2.37. The Balaban J connectivity index is 2.51. The molecule has 0 unspecified atom stereocenters. The average molecular weight is 304 g/mol. The second-order valence-electron chi connectivity index (χ2n) is 4.34. The van der Waals surface area contributed by atoms with Crippen LogP contribution in [0.4, 0.5) is 13.2 Å². The van der Waals surface area contributed by atoms with E-state index in [1.54, 1.807) is 35.6 Å². The molecule has 0 aliphatic rings. The molecule has 0 saturated carbocycles. The zero-order valence-corrected chi connectivity index (χ0v) is 11.1. The lowest BCUT2D eigenvalue weighted by Crippen LogP contribution is -2.42. The summed E-state index contributed by atoms with van der Waals surface area (Å²) in [6, 6.07) is 8.92. The fourth-order valence-electron chi connectivity index (χ4n) is 1.67. The number of alkyl halides is 3. The third-order valence-electron chi connectivity index (χ3n) is 2.58. The third-order valence-corrected chi connectivity index (χ3v) is 2.58. The first kappa shape index (κ1) is 17.0. The first-order chi connectivity index (χ1) is 9.79. The summed E-state index contributed by atoms with van der Waals surface area (Å²) >= 11 is 0. The summed E-state index contributed by atoms with van der Waals surface area (Å²) in [5.74, 6) is -3.12. The van der Waals surface area contributed by atoms with Crippen LogP contribution in [-0.4, -0.2) is 47.7 Å². The van der Waals surface area contributed by atoms with Gasteiger partial charge in [0.2, 0.25) is 0 Å². The van der Waals surface area contributed by atoms with Crippen molar-refractivity contribution in [3.63, 3.8) is 0 Å². The molecule has 2 N–H and O–H groups in total. The van der Waals surface area contributed by atoms with Crippen molar-refractivity contribution in [1.29, 1.82) is 0 Å². The minimum atomic E-state index is -4.93. The molecule has 1 amide bonds. The minimum Gasteiger partial charge on any atom is -0.480 e. The first-order valence-electron chi connectivity index (χ1n) is 6.12. The van der Waals surface area contributed by atoms with Crippen LogP contribution in [0, 0.1) is 0 Å². The smallest absolute Gasteiger partial charge is 0.471 e. The van der Waals surface area contributed by atoms with E-state index < -0.39 is 18.1 Å². The Kier molecular flexibility index (Phi) is 6.16. The number of nitrogens with zero attached hydrogens (tertiary/aromatic N) is 1. The van der Waals surface area contributed by atoms with Gasteiger partial charge in [0, 0.05) is 19.6 Å². The maximum atomic E-state index is 12.0. The number of halogens is 3. The number of carbonyl (C=O) groups excluding carboxylic acids is 1. The number of benzene rings is 1. The van der Waals surface area contributed by atoms with Gasteiger partial charge in [0.05, 0.1) is 6.54 Å². The van der Waals surface area contributed by atoms with E-state index in [-0.39, 0.29) is 26.2 Å². The molecule has 0 saturated heterocycles. The van der Waals surface area contributed by atoms with Crippen molar-refractivity contribution < 1.29 is 27.9 Å². The molecule has 0 aliphatic carbocycles. The van der Waals surface area contributed by atoms with E-state index >= 15 is 0 Å². The second-order valence-corrected chi connectivity index (χ2v) is 4.34. The zero-order chi connectivity index (χ0) is 15.9. The molecule has 0 aromatic heterocycles. The second kappa shape index (κ2) is 7.63. The predicted molar refractivity (Wildman–Crippen MR) is 68.4 cm³/mol. The van der Waals surface area contributed by atoms with E-state index in [0.717, 1.165) is 5.56 Å². The standard InChI is InChI=1S/C13H15F3N2O3/c14-13(15,16)12(21)17-6-7-18(9-11(19)20)8-10-4-2-1-3-5-10/h1-5H,6-9H2,(H,17,21)(H,19,20). The SMILES string of the molecule is O=C(O)CN(CCNC(=O)C(F)(F)F)Cc1ccccc1. The van der Waals surface area contributed by atoms with Crippen LogP contribution in [-0.2, 0) is 16.1 Å². The van der Waals surface area contributed by atoms with Gasteiger partial charge in [-0.3, -0.25) is 14.5 Å². The maximum Gasteiger partial charge on any atom is 0.471 e. The number of hydrogen-bond donors (Lipinski definition) is 2. The van der Waals surface area contributed by atoms with E-state index in [9.17, 15) is 22.8 Å². The van der Waals surface area contributed by atoms with Crippen molar-refractivity contribution in [1.82, 2.24) is 10.2 Å². The van der Waals surface area contributed by atoms with Gasteiger partial charge in [-0.05, 0) is 5.56 Å². The van der Waals surface area contributed by atoms with Crippen LogP contribution < -0.4 is 5.32 Å². The highest BCUT2D eigenvalue weighted by atomic mass is 19.4. The highest BCUT2D eigenvalue weighted by Crippen LogP contribution is 2.13. The number of hydrogen-bond acceptors (Lipinski definition) is 3. The number of carbonyl (C=O) groups is 2. The topological polar surface area (TPSA) is 69.6 Å². The lowest BCUT2D eigenvalue weighted by Gasteiger charge is -2.20. The predicted octanol–water partition coefficient (Wildman–Crippen LogP) is 1.25. The van der Waals surface area contributed by atoms with Crippen LogP contribution in [0.2, 0.25) is 0 Å². The molecule has 0 fully saturated rings. The van der Waals surface area contributed by atoms with E-state index in [4.69, 9.17) is 5.11 Å². The van der Waals surface area contributed by atoms with Crippen molar-refractivity contribution in [3.8, 4) is 0 Å². The summed E-state index contributed by atoms with van der Waals surface area (Å²) in [6.07, 6.45) is -4.93. The summed E-state index contributed by atoms with van der Waals surface area (Å²) in [7, 11) is 0. The van der Waals surface area contributed by atoms with Crippen LogP contribution in [0.15, 0.2) is 30.3 Å². The number of carboxylic acids is 1. The van der Waals surface area contributed by atoms with Crippen LogP contribution in [0.25, 0.3) is 0 Å². The van der Waals surface area contributed by atoms with Gasteiger partial charge in [0.15, 0.2) is 0 Å². The van der Waals surface area contributed by atoms with Gasteiger partial charge in [0.25, 0.3) is 0 Å². The van der Waals surface area contributed by atoms with Crippen LogP contribution in [0.1, 0.15) is 5.56 Å². The quantitative estimate of drug-likeness (QED) is 0.795. The van der Waals surface area contributed by atoms with Gasteiger partial charge in [-0.1, -0.05) is 30.3 Å². The van der Waals surface area contributed by atoms with E-state index in [1.165, 1.54) is 4.90 Å². The largest absolute Gasteiger partial charge is 0.480 e. The molecule has 21 heavy (non-hydrogen) atoms. The Morgan fingerprint density at radius 1 is 1.19 bits per heavy atom. The minimum absolute atomic E-state index is 0.00299. The molecule has 1 aromatic carbocycles. The summed E-state index contributed by atoms with van der Waals surface area (Å²) in [5, 5.41) is 10.5. The molecule has 8 heteroatoms. The van der Waals surface area contributed by atoms with Gasteiger partial charge in [0.1, 0.15) is 0 Å². The van der Waals surface area contributed by atoms with Crippen LogP contribution in [0.3, 0.4) is 0 Å². The van der Waals surface area contributed by atoms with Gasteiger partial charge < -0.3 is 10.4 Å². The van der Waals surface area contributed by atoms with Gasteiger partial charge in [-0.2, -0.15) is 13.2 Å². The lowest BCUT2D eigenvalue weighted by atomic mass is 10.2. The molecule has 0 radical (unpaired) electrons. The highest BCUT2D eigenvalue weighted by Gasteiger charge is 2.38. The normalized spacial score (nSPS) is 11.4. The Bertz CT molecular complexity index is 477. The summed E-state index contributed by atoms with van der Waals surface area (Å²) < 4.78 is 36.0. The fraction of sp³-hybridized carbons (Fsp3) is 0.385. The molecule has 0 spiro atoms. The van der Waals surface area contributed by atoms with Crippen molar-refractivity contribution in [2.45, 2.75) is 12.7 Å². The number of amides is 1. The molecule has 0 aliphatic heterocycles. The molecule has 1 rings (SSSR count). The molecule has 116 valence electrons. The molecular formula is C13H15F3N2O3. The molecule has 0 bridgehead atoms. The molecule has 1 aromatic rings. The molecular weight excluding hydrogens is 289 g/mol. The van der Waals surface area contributed by atoms with E-state index in [1.807, 2.05) is 0 Å². The molecule has 0 atom stereocenters. The number of carboxylic acid groups (broad SMARTS) is 1. The zero-order valence-electron chi connectivity index (χ0n) is 11.1. The summed E-state index contributed by atoms with van der Waals surface area (Å²) in [5.41, 5.74) is 0.834. The first-order valence-corrected chi connectivity index (χ1v) is 6.12. The molecule has 0 heterocycles. The Labute approximate surface area is 119 Å². The summed E-state index contributed by atoms with van der Waals surface area (Å²) in [4.78, 5) is 22.8. The number of rotatable bonds is 7. The highest BCUT2D eigenvalue weighted by molar-refractivity contribution is 5.81. The van der Waals surface area contributed by atoms with E-state index in [2.05, 4.69) is 0 Å².